The molecule has 1 saturated heterocycles. The molecule has 1 heterocycles. The summed E-state index contributed by atoms with van der Waals surface area (Å²) in [7, 11) is 0. The molecule has 0 bridgehead atoms. The van der Waals surface area contributed by atoms with E-state index in [4.69, 9.17) is 0 Å². The van der Waals surface area contributed by atoms with Gasteiger partial charge in [0.1, 0.15) is 0 Å². The van der Waals surface area contributed by atoms with Gasteiger partial charge in [0, 0.05) is 37.1 Å². The van der Waals surface area contributed by atoms with Crippen molar-refractivity contribution < 1.29 is 5.11 Å². The molecule has 4 heteroatoms. The Kier molecular flexibility index (Phi) is 6.87. The van der Waals surface area contributed by atoms with E-state index < -0.39 is 0 Å². The number of unbranched alkanes of at least 4 members (excludes halogenated alkanes) is 1. The van der Waals surface area contributed by atoms with E-state index in [-0.39, 0.29) is 6.10 Å². The predicted molar refractivity (Wildman–Crippen MR) is 104 cm³/mol. The van der Waals surface area contributed by atoms with Crippen LogP contribution in [0, 0.1) is 0 Å². The molecule has 1 aromatic rings. The number of para-hydroxylation sites is 1. The summed E-state index contributed by atoms with van der Waals surface area (Å²) in [5, 5.41) is 10.3. The van der Waals surface area contributed by atoms with E-state index in [9.17, 15) is 5.11 Å². The molecule has 24 heavy (non-hydrogen) atoms. The third-order valence-corrected chi connectivity index (χ3v) is 6.59. The van der Waals surface area contributed by atoms with E-state index in [1.807, 2.05) is 11.8 Å². The van der Waals surface area contributed by atoms with Crippen molar-refractivity contribution in [2.24, 2.45) is 0 Å². The molecule has 134 valence electrons. The third kappa shape index (κ3) is 4.47. The first kappa shape index (κ1) is 18.1. The van der Waals surface area contributed by atoms with E-state index in [0.29, 0.717) is 6.04 Å². The van der Waals surface area contributed by atoms with Gasteiger partial charge in [0.15, 0.2) is 0 Å². The lowest BCUT2D eigenvalue weighted by Crippen LogP contribution is -2.54. The van der Waals surface area contributed by atoms with Gasteiger partial charge in [-0.2, -0.15) is 0 Å². The number of nitrogens with zero attached hydrogens (tertiary/aromatic N) is 2. The van der Waals surface area contributed by atoms with Gasteiger partial charge in [-0.25, -0.2) is 0 Å². The van der Waals surface area contributed by atoms with Gasteiger partial charge in [0.25, 0.3) is 0 Å². The molecule has 3 rings (SSSR count). The molecule has 1 aromatic carbocycles. The van der Waals surface area contributed by atoms with E-state index in [1.165, 1.54) is 48.4 Å². The molecular formula is C20H32N2OS. The summed E-state index contributed by atoms with van der Waals surface area (Å²) in [5.41, 5.74) is 1.41. The average molecular weight is 349 g/mol. The predicted octanol–water partition coefficient (Wildman–Crippen LogP) is 4.00. The van der Waals surface area contributed by atoms with Crippen molar-refractivity contribution >= 4 is 17.4 Å². The molecule has 0 aromatic heterocycles. The van der Waals surface area contributed by atoms with Crippen molar-refractivity contribution in [3.8, 4) is 0 Å². The van der Waals surface area contributed by atoms with Crippen LogP contribution in [-0.4, -0.2) is 54.1 Å². The average Bonchev–Trinajstić information content (AvgIpc) is 2.63. The number of benzene rings is 1. The minimum absolute atomic E-state index is 0.109. The Labute approximate surface area is 151 Å². The topological polar surface area (TPSA) is 26.7 Å². The van der Waals surface area contributed by atoms with Crippen LogP contribution in [0.15, 0.2) is 29.2 Å². The molecule has 3 nitrogen and oxygen atoms in total. The molecular weight excluding hydrogens is 316 g/mol. The van der Waals surface area contributed by atoms with Crippen molar-refractivity contribution in [2.75, 3.05) is 36.8 Å². The molecule has 0 spiro atoms. The number of aliphatic hydroxyl groups is 1. The van der Waals surface area contributed by atoms with E-state index in [2.05, 4.69) is 41.0 Å². The zero-order valence-electron chi connectivity index (χ0n) is 15.0. The van der Waals surface area contributed by atoms with Gasteiger partial charge in [-0.1, -0.05) is 38.3 Å². The number of piperazine rings is 1. The maximum absolute atomic E-state index is 10.3. The molecule has 1 N–H and O–H groups in total. The maximum Gasteiger partial charge on any atom is 0.0695 e. The highest BCUT2D eigenvalue weighted by Crippen LogP contribution is 2.32. The van der Waals surface area contributed by atoms with Gasteiger partial charge in [0.2, 0.25) is 0 Å². The Bertz CT molecular complexity index is 502. The Morgan fingerprint density at radius 3 is 2.58 bits per heavy atom. The molecule has 2 aliphatic rings. The minimum Gasteiger partial charge on any atom is -0.391 e. The molecule has 0 amide bonds. The second-order valence-electron chi connectivity index (χ2n) is 7.11. The van der Waals surface area contributed by atoms with E-state index >= 15 is 0 Å². The monoisotopic (exact) mass is 348 g/mol. The first-order valence-electron chi connectivity index (χ1n) is 9.68. The zero-order chi connectivity index (χ0) is 16.8. The quantitative estimate of drug-likeness (QED) is 0.621. The fourth-order valence-electron chi connectivity index (χ4n) is 3.98. The fourth-order valence-corrected chi connectivity index (χ4v) is 5.15. The SMILES string of the molecule is CCCCSc1ccccc1N1CCN([C@@H]2CCCC[C@@H]2O)CC1. The Morgan fingerprint density at radius 1 is 1.08 bits per heavy atom. The van der Waals surface area contributed by atoms with Crippen molar-refractivity contribution in [2.45, 2.75) is 62.5 Å². The normalized spacial score (nSPS) is 25.8. The van der Waals surface area contributed by atoms with Crippen LogP contribution in [0.5, 0.6) is 0 Å². The summed E-state index contributed by atoms with van der Waals surface area (Å²) in [6, 6.07) is 9.27. The molecule has 0 unspecified atom stereocenters. The highest BCUT2D eigenvalue weighted by Gasteiger charge is 2.31. The first-order valence-corrected chi connectivity index (χ1v) is 10.7. The van der Waals surface area contributed by atoms with Crippen LogP contribution in [0.3, 0.4) is 0 Å². The van der Waals surface area contributed by atoms with Gasteiger partial charge in [-0.05, 0) is 37.1 Å². The Balaban J connectivity index is 1.58. The zero-order valence-corrected chi connectivity index (χ0v) is 15.8. The van der Waals surface area contributed by atoms with Crippen molar-refractivity contribution in [3.63, 3.8) is 0 Å². The lowest BCUT2D eigenvalue weighted by molar-refractivity contribution is 0.0173. The molecule has 2 fully saturated rings. The largest absolute Gasteiger partial charge is 0.391 e. The Hall–Kier alpha value is -0.710. The minimum atomic E-state index is -0.109. The molecule has 1 saturated carbocycles. The molecule has 1 aliphatic heterocycles. The van der Waals surface area contributed by atoms with Crippen LogP contribution in [-0.2, 0) is 0 Å². The Morgan fingerprint density at radius 2 is 1.83 bits per heavy atom. The number of hydrogen-bond acceptors (Lipinski definition) is 4. The highest BCUT2D eigenvalue weighted by molar-refractivity contribution is 7.99. The van der Waals surface area contributed by atoms with Crippen LogP contribution >= 0.6 is 11.8 Å². The van der Waals surface area contributed by atoms with Crippen molar-refractivity contribution in [3.05, 3.63) is 24.3 Å². The third-order valence-electron chi connectivity index (χ3n) is 5.44. The fraction of sp³-hybridized carbons (Fsp3) is 0.700. The summed E-state index contributed by atoms with van der Waals surface area (Å²) in [5.74, 6) is 1.21. The van der Waals surface area contributed by atoms with Gasteiger partial charge in [-0.3, -0.25) is 4.90 Å². The highest BCUT2D eigenvalue weighted by atomic mass is 32.2. The lowest BCUT2D eigenvalue weighted by atomic mass is 9.91. The smallest absolute Gasteiger partial charge is 0.0695 e. The first-order chi connectivity index (χ1) is 11.8. The van der Waals surface area contributed by atoms with Gasteiger partial charge >= 0.3 is 0 Å². The van der Waals surface area contributed by atoms with Gasteiger partial charge in [-0.15, -0.1) is 11.8 Å². The van der Waals surface area contributed by atoms with Crippen LogP contribution in [0.25, 0.3) is 0 Å². The number of hydrogen-bond donors (Lipinski definition) is 1. The maximum atomic E-state index is 10.3. The lowest BCUT2D eigenvalue weighted by Gasteiger charge is -2.43. The summed E-state index contributed by atoms with van der Waals surface area (Å²) in [6.45, 7) is 6.57. The van der Waals surface area contributed by atoms with Crippen LogP contribution in [0.1, 0.15) is 45.4 Å². The van der Waals surface area contributed by atoms with Gasteiger partial charge < -0.3 is 10.0 Å². The van der Waals surface area contributed by atoms with Crippen LogP contribution in [0.4, 0.5) is 5.69 Å². The summed E-state index contributed by atoms with van der Waals surface area (Å²) in [6.07, 6.45) is 7.07. The van der Waals surface area contributed by atoms with Crippen LogP contribution < -0.4 is 4.90 Å². The van der Waals surface area contributed by atoms with Crippen molar-refractivity contribution in [1.82, 2.24) is 4.90 Å². The van der Waals surface area contributed by atoms with Crippen molar-refractivity contribution in [1.29, 1.82) is 0 Å². The van der Waals surface area contributed by atoms with Crippen LogP contribution in [0.2, 0.25) is 0 Å². The number of rotatable bonds is 6. The van der Waals surface area contributed by atoms with E-state index in [0.717, 1.165) is 32.6 Å². The summed E-state index contributed by atoms with van der Waals surface area (Å²) >= 11 is 2.00. The molecule has 2 atom stereocenters. The van der Waals surface area contributed by atoms with E-state index in [1.54, 1.807) is 0 Å². The number of thioether (sulfide) groups is 1. The standard InChI is InChI=1S/C20H32N2OS/c1-2-3-16-24-20-11-7-5-9-18(20)22-14-12-21(13-15-22)17-8-4-6-10-19(17)23/h5,7,9,11,17,19,23H,2-4,6,8,10,12-16H2,1H3/t17-,19+/m1/s1. The summed E-state index contributed by atoms with van der Waals surface area (Å²) in [4.78, 5) is 6.50. The molecule has 1 aliphatic carbocycles. The molecule has 0 radical (unpaired) electrons. The number of anilines is 1. The number of aliphatic hydroxyl groups excluding tert-OH is 1. The summed E-state index contributed by atoms with van der Waals surface area (Å²) < 4.78 is 0. The second-order valence-corrected chi connectivity index (χ2v) is 8.25. The second kappa shape index (κ2) is 9.12. The van der Waals surface area contributed by atoms with Gasteiger partial charge in [0.05, 0.1) is 11.8 Å².